The summed E-state index contributed by atoms with van der Waals surface area (Å²) in [4.78, 5) is 0. The van der Waals surface area contributed by atoms with Gasteiger partial charge in [-0.2, -0.15) is 0 Å². The van der Waals surface area contributed by atoms with Crippen LogP contribution < -0.4 is 10.5 Å². The summed E-state index contributed by atoms with van der Waals surface area (Å²) in [5.74, 6) is 0. The molecule has 1 atom stereocenters. The van der Waals surface area contributed by atoms with Gasteiger partial charge in [0.1, 0.15) is 4.21 Å². The second-order valence-electron chi connectivity index (χ2n) is 3.35. The van der Waals surface area contributed by atoms with Gasteiger partial charge in [0.05, 0.1) is 4.47 Å². The molecule has 0 aromatic carbocycles. The van der Waals surface area contributed by atoms with Crippen LogP contribution in [-0.2, 0) is 10.0 Å². The maximum Gasteiger partial charge on any atom is 0.251 e. The summed E-state index contributed by atoms with van der Waals surface area (Å²) in [6.07, 6.45) is 0.614. The largest absolute Gasteiger partial charge is 0.328 e. The molecule has 1 rings (SSSR count). The van der Waals surface area contributed by atoms with Crippen LogP contribution in [0.25, 0.3) is 0 Å². The highest BCUT2D eigenvalue weighted by molar-refractivity contribution is 9.13. The van der Waals surface area contributed by atoms with Crippen molar-refractivity contribution in [2.24, 2.45) is 5.73 Å². The van der Waals surface area contributed by atoms with Crippen LogP contribution in [0.1, 0.15) is 13.3 Å². The number of hydrogen-bond acceptors (Lipinski definition) is 4. The van der Waals surface area contributed by atoms with Gasteiger partial charge in [0.25, 0.3) is 10.0 Å². The Hall–Kier alpha value is 0.820. The summed E-state index contributed by atoms with van der Waals surface area (Å²) < 4.78 is 27.8. The predicted octanol–water partition coefficient (Wildman–Crippen LogP) is 2.71. The van der Waals surface area contributed by atoms with E-state index in [1.54, 1.807) is 5.38 Å². The Morgan fingerprint density at radius 2 is 2.12 bits per heavy atom. The smallest absolute Gasteiger partial charge is 0.251 e. The molecule has 4 nitrogen and oxygen atoms in total. The molecule has 100 valence electrons. The van der Waals surface area contributed by atoms with E-state index < -0.39 is 10.0 Å². The van der Waals surface area contributed by atoms with Crippen molar-refractivity contribution in [3.8, 4) is 0 Å². The molecule has 3 N–H and O–H groups in total. The van der Waals surface area contributed by atoms with Crippen LogP contribution in [0.3, 0.4) is 0 Å². The van der Waals surface area contributed by atoms with Gasteiger partial charge in [-0.1, -0.05) is 0 Å². The molecule has 17 heavy (non-hydrogen) atoms. The van der Waals surface area contributed by atoms with Crippen molar-refractivity contribution < 1.29 is 8.42 Å². The molecule has 1 unspecified atom stereocenters. The molecular formula is C8H13Br2ClN2O2S2. The minimum atomic E-state index is -3.43. The van der Waals surface area contributed by atoms with Crippen LogP contribution >= 0.6 is 55.6 Å². The predicted molar refractivity (Wildman–Crippen MR) is 80.4 cm³/mol. The van der Waals surface area contributed by atoms with Crippen LogP contribution in [0.5, 0.6) is 0 Å². The topological polar surface area (TPSA) is 72.2 Å². The summed E-state index contributed by atoms with van der Waals surface area (Å²) in [6.45, 7) is 2.19. The molecule has 9 heteroatoms. The number of nitrogens with one attached hydrogen (secondary N) is 1. The Labute approximate surface area is 128 Å². The van der Waals surface area contributed by atoms with Crippen molar-refractivity contribution in [1.82, 2.24) is 4.72 Å². The number of halogens is 3. The van der Waals surface area contributed by atoms with Crippen LogP contribution in [0.4, 0.5) is 0 Å². The van der Waals surface area contributed by atoms with Crippen molar-refractivity contribution >= 4 is 65.6 Å². The molecular weight excluding hydrogens is 415 g/mol. The van der Waals surface area contributed by atoms with Gasteiger partial charge in [-0.05, 0) is 45.2 Å². The van der Waals surface area contributed by atoms with Gasteiger partial charge in [-0.3, -0.25) is 0 Å². The summed E-state index contributed by atoms with van der Waals surface area (Å²) in [5, 5.41) is 1.73. The van der Waals surface area contributed by atoms with Crippen LogP contribution in [-0.4, -0.2) is 21.0 Å². The van der Waals surface area contributed by atoms with Gasteiger partial charge < -0.3 is 5.73 Å². The number of sulfonamides is 1. The van der Waals surface area contributed by atoms with E-state index in [1.165, 1.54) is 11.3 Å². The average molecular weight is 429 g/mol. The standard InChI is InChI=1S/C8H12Br2N2O2S2.ClH/c1-5(11)2-3-12-16(13,14)8-7(10)6(9)4-15-8;/h4-5,12H,2-3,11H2,1H3;1H. The lowest BCUT2D eigenvalue weighted by molar-refractivity contribution is 0.573. The average Bonchev–Trinajstić information content (AvgIpc) is 2.47. The Balaban J connectivity index is 0.00000256. The third-order valence-electron chi connectivity index (χ3n) is 1.79. The monoisotopic (exact) mass is 426 g/mol. The highest BCUT2D eigenvalue weighted by Gasteiger charge is 2.21. The highest BCUT2D eigenvalue weighted by Crippen LogP contribution is 2.35. The first kappa shape index (κ1) is 17.8. The highest BCUT2D eigenvalue weighted by atomic mass is 79.9. The molecule has 0 saturated carbocycles. The summed E-state index contributed by atoms with van der Waals surface area (Å²) >= 11 is 7.64. The van der Waals surface area contributed by atoms with Gasteiger partial charge in [0.15, 0.2) is 0 Å². The zero-order chi connectivity index (χ0) is 12.3. The molecule has 1 aromatic rings. The summed E-state index contributed by atoms with van der Waals surface area (Å²) in [7, 11) is -3.43. The lowest BCUT2D eigenvalue weighted by Crippen LogP contribution is -2.28. The van der Waals surface area contributed by atoms with E-state index in [9.17, 15) is 8.42 Å². The van der Waals surface area contributed by atoms with E-state index in [0.717, 1.165) is 4.47 Å². The van der Waals surface area contributed by atoms with Gasteiger partial charge in [0, 0.05) is 22.4 Å². The fraction of sp³-hybridized carbons (Fsp3) is 0.500. The fourth-order valence-electron chi connectivity index (χ4n) is 0.974. The maximum atomic E-state index is 11.9. The van der Waals surface area contributed by atoms with Crippen molar-refractivity contribution in [2.75, 3.05) is 6.54 Å². The minimum absolute atomic E-state index is 0. The SMILES string of the molecule is CC(N)CCNS(=O)(=O)c1scc(Br)c1Br.Cl. The quantitative estimate of drug-likeness (QED) is 0.757. The van der Waals surface area contributed by atoms with Gasteiger partial charge in [-0.25, -0.2) is 13.1 Å². The van der Waals surface area contributed by atoms with E-state index in [0.29, 0.717) is 17.4 Å². The zero-order valence-electron chi connectivity index (χ0n) is 8.94. The first-order valence-electron chi connectivity index (χ1n) is 4.52. The molecule has 0 spiro atoms. The summed E-state index contributed by atoms with van der Waals surface area (Å²) in [5.41, 5.74) is 5.55. The Morgan fingerprint density at radius 3 is 2.53 bits per heavy atom. The molecule has 0 aliphatic rings. The van der Waals surface area contributed by atoms with Crippen molar-refractivity contribution in [3.05, 3.63) is 14.3 Å². The van der Waals surface area contributed by atoms with Gasteiger partial charge >= 0.3 is 0 Å². The van der Waals surface area contributed by atoms with Crippen LogP contribution in [0, 0.1) is 0 Å². The maximum absolute atomic E-state index is 11.9. The molecule has 0 radical (unpaired) electrons. The zero-order valence-corrected chi connectivity index (χ0v) is 14.6. The molecule has 0 amide bonds. The number of thiophene rings is 1. The normalized spacial score (nSPS) is 13.2. The van der Waals surface area contributed by atoms with Crippen LogP contribution in [0.15, 0.2) is 18.5 Å². The van der Waals surface area contributed by atoms with Gasteiger partial charge in [0.2, 0.25) is 0 Å². The third-order valence-corrected chi connectivity index (χ3v) is 7.60. The van der Waals surface area contributed by atoms with E-state index in [-0.39, 0.29) is 22.7 Å². The Morgan fingerprint density at radius 1 is 1.53 bits per heavy atom. The first-order chi connectivity index (χ1) is 7.34. The fourth-order valence-corrected chi connectivity index (χ4v) is 5.13. The lowest BCUT2D eigenvalue weighted by Gasteiger charge is -2.07. The Bertz CT molecular complexity index is 462. The lowest BCUT2D eigenvalue weighted by atomic mass is 10.3. The third kappa shape index (κ3) is 5.14. The van der Waals surface area contributed by atoms with Crippen molar-refractivity contribution in [1.29, 1.82) is 0 Å². The molecule has 0 fully saturated rings. The molecule has 0 bridgehead atoms. The molecule has 0 aliphatic carbocycles. The van der Waals surface area contributed by atoms with E-state index in [2.05, 4.69) is 36.6 Å². The van der Waals surface area contributed by atoms with E-state index >= 15 is 0 Å². The van der Waals surface area contributed by atoms with Gasteiger partial charge in [-0.15, -0.1) is 23.7 Å². The van der Waals surface area contributed by atoms with Crippen molar-refractivity contribution in [2.45, 2.75) is 23.6 Å². The number of rotatable bonds is 5. The number of hydrogen-bond donors (Lipinski definition) is 2. The summed E-state index contributed by atoms with van der Waals surface area (Å²) in [6, 6.07) is -0.0128. The number of nitrogens with two attached hydrogens (primary N) is 1. The second-order valence-corrected chi connectivity index (χ2v) is 7.84. The molecule has 0 aliphatic heterocycles. The molecule has 1 heterocycles. The van der Waals surface area contributed by atoms with E-state index in [1.807, 2.05) is 6.92 Å². The van der Waals surface area contributed by atoms with E-state index in [4.69, 9.17) is 5.73 Å². The van der Waals surface area contributed by atoms with Crippen molar-refractivity contribution in [3.63, 3.8) is 0 Å². The molecule has 0 saturated heterocycles. The minimum Gasteiger partial charge on any atom is -0.328 e. The molecule has 1 aromatic heterocycles. The van der Waals surface area contributed by atoms with Crippen LogP contribution in [0.2, 0.25) is 0 Å². The first-order valence-corrected chi connectivity index (χ1v) is 8.47. The second kappa shape index (κ2) is 7.42. The Kier molecular flexibility index (Phi) is 7.78.